The van der Waals surface area contributed by atoms with E-state index in [1.54, 1.807) is 12.3 Å². The molecule has 0 atom stereocenters. The van der Waals surface area contributed by atoms with Crippen LogP contribution in [0.4, 0.5) is 5.69 Å². The number of carbonyl (C=O) groups excluding carboxylic acids is 1. The van der Waals surface area contributed by atoms with Crippen molar-refractivity contribution in [2.45, 2.75) is 32.1 Å². The number of nitrogens with zero attached hydrogens (tertiary/aromatic N) is 1. The van der Waals surface area contributed by atoms with E-state index in [0.29, 0.717) is 11.0 Å². The highest BCUT2D eigenvalue weighted by atomic mass is 79.9. The largest absolute Gasteiger partial charge is 0.323 e. The van der Waals surface area contributed by atoms with Gasteiger partial charge in [0.1, 0.15) is 4.60 Å². The molecule has 2 rings (SSSR count). The summed E-state index contributed by atoms with van der Waals surface area (Å²) < 4.78 is 0.672. The van der Waals surface area contributed by atoms with Gasteiger partial charge in [-0.15, -0.1) is 0 Å². The zero-order valence-corrected chi connectivity index (χ0v) is 11.2. The topological polar surface area (TPSA) is 42.0 Å². The summed E-state index contributed by atoms with van der Waals surface area (Å²) in [5.41, 5.74) is 1.99. The van der Waals surface area contributed by atoms with Crippen molar-refractivity contribution in [3.63, 3.8) is 0 Å². The number of anilines is 1. The number of halogens is 1. The monoisotopic (exact) mass is 294 g/mol. The number of carbonyl (C=O) groups is 1. The van der Waals surface area contributed by atoms with Gasteiger partial charge in [0.05, 0.1) is 5.69 Å². The van der Waals surface area contributed by atoms with Crippen LogP contribution in [-0.2, 0) is 4.79 Å². The highest BCUT2D eigenvalue weighted by Crippen LogP contribution is 2.22. The van der Waals surface area contributed by atoms with Gasteiger partial charge in [0.25, 0.3) is 0 Å². The Hall–Kier alpha value is -1.16. The second kappa shape index (κ2) is 5.96. The Morgan fingerprint density at radius 3 is 3.06 bits per heavy atom. The van der Waals surface area contributed by atoms with Gasteiger partial charge in [-0.25, -0.2) is 4.98 Å². The van der Waals surface area contributed by atoms with E-state index in [-0.39, 0.29) is 5.91 Å². The quantitative estimate of drug-likeness (QED) is 0.683. The highest BCUT2D eigenvalue weighted by Gasteiger charge is 2.10. The van der Waals surface area contributed by atoms with Gasteiger partial charge in [-0.05, 0) is 53.7 Å². The molecule has 0 bridgehead atoms. The van der Waals surface area contributed by atoms with Crippen molar-refractivity contribution in [2.75, 3.05) is 5.32 Å². The standard InChI is InChI=1S/C13H15BrN2O/c14-13-11(7-4-8-15-13)16-12(17)9-10-5-2-1-3-6-10/h4-5,7-8H,1-3,6,9H2,(H,16,17). The predicted octanol–water partition coefficient (Wildman–Crippen LogP) is 3.67. The van der Waals surface area contributed by atoms with Crippen LogP contribution < -0.4 is 5.32 Å². The summed E-state index contributed by atoms with van der Waals surface area (Å²) >= 11 is 3.31. The van der Waals surface area contributed by atoms with Gasteiger partial charge in [0.15, 0.2) is 0 Å². The van der Waals surface area contributed by atoms with E-state index >= 15 is 0 Å². The fourth-order valence-corrected chi connectivity index (χ4v) is 2.29. The Balaban J connectivity index is 1.93. The molecule has 1 N–H and O–H groups in total. The van der Waals surface area contributed by atoms with Gasteiger partial charge < -0.3 is 5.32 Å². The van der Waals surface area contributed by atoms with Crippen molar-refractivity contribution in [3.05, 3.63) is 34.6 Å². The molecule has 0 spiro atoms. The summed E-state index contributed by atoms with van der Waals surface area (Å²) in [6.45, 7) is 0. The second-order valence-corrected chi connectivity index (χ2v) is 4.93. The average Bonchev–Trinajstić information content (AvgIpc) is 2.33. The molecule has 4 heteroatoms. The molecule has 1 aliphatic rings. The number of nitrogens with one attached hydrogen (secondary N) is 1. The minimum Gasteiger partial charge on any atom is -0.323 e. The summed E-state index contributed by atoms with van der Waals surface area (Å²) in [6.07, 6.45) is 9.00. The molecule has 1 aromatic heterocycles. The number of amides is 1. The van der Waals surface area contributed by atoms with Crippen LogP contribution in [0.1, 0.15) is 32.1 Å². The van der Waals surface area contributed by atoms with Crippen LogP contribution in [0.15, 0.2) is 34.6 Å². The van der Waals surface area contributed by atoms with Gasteiger partial charge in [0, 0.05) is 12.6 Å². The van der Waals surface area contributed by atoms with Gasteiger partial charge in [0.2, 0.25) is 5.91 Å². The van der Waals surface area contributed by atoms with Crippen LogP contribution >= 0.6 is 15.9 Å². The van der Waals surface area contributed by atoms with E-state index in [4.69, 9.17) is 0 Å². The number of pyridine rings is 1. The summed E-state index contributed by atoms with van der Waals surface area (Å²) in [4.78, 5) is 15.9. The first-order valence-corrected chi connectivity index (χ1v) is 6.63. The number of aromatic nitrogens is 1. The van der Waals surface area contributed by atoms with Crippen molar-refractivity contribution in [1.82, 2.24) is 4.98 Å². The number of hydrogen-bond donors (Lipinski definition) is 1. The molecule has 3 nitrogen and oxygen atoms in total. The zero-order chi connectivity index (χ0) is 12.1. The third-order valence-corrected chi connectivity index (χ3v) is 3.44. The molecule has 0 unspecified atom stereocenters. The van der Waals surface area contributed by atoms with Crippen LogP contribution in [0.2, 0.25) is 0 Å². The lowest BCUT2D eigenvalue weighted by Crippen LogP contribution is -2.13. The molecule has 1 heterocycles. The molecule has 0 radical (unpaired) electrons. The molecule has 0 fully saturated rings. The predicted molar refractivity (Wildman–Crippen MR) is 71.7 cm³/mol. The Morgan fingerprint density at radius 1 is 1.47 bits per heavy atom. The molecule has 17 heavy (non-hydrogen) atoms. The van der Waals surface area contributed by atoms with Gasteiger partial charge in [-0.2, -0.15) is 0 Å². The molecule has 1 aromatic rings. The zero-order valence-electron chi connectivity index (χ0n) is 9.58. The highest BCUT2D eigenvalue weighted by molar-refractivity contribution is 9.10. The van der Waals surface area contributed by atoms with Crippen LogP contribution in [0.3, 0.4) is 0 Å². The average molecular weight is 295 g/mol. The molecule has 1 amide bonds. The molecule has 0 aromatic carbocycles. The first kappa shape index (κ1) is 12.3. The third-order valence-electron chi connectivity index (χ3n) is 2.81. The smallest absolute Gasteiger partial charge is 0.228 e. The van der Waals surface area contributed by atoms with Crippen molar-refractivity contribution in [1.29, 1.82) is 0 Å². The fourth-order valence-electron chi connectivity index (χ4n) is 1.95. The van der Waals surface area contributed by atoms with E-state index < -0.39 is 0 Å². The molecule has 90 valence electrons. The SMILES string of the molecule is O=C(CC1=CCCCC1)Nc1cccnc1Br. The summed E-state index contributed by atoms with van der Waals surface area (Å²) in [5, 5.41) is 2.87. The Labute approximate surface area is 109 Å². The number of rotatable bonds is 3. The van der Waals surface area contributed by atoms with Crippen molar-refractivity contribution >= 4 is 27.5 Å². The minimum atomic E-state index is 0.0341. The van der Waals surface area contributed by atoms with Crippen molar-refractivity contribution in [3.8, 4) is 0 Å². The molecule has 0 saturated carbocycles. The molecular formula is C13H15BrN2O. The molecular weight excluding hydrogens is 280 g/mol. The first-order valence-electron chi connectivity index (χ1n) is 5.84. The van der Waals surface area contributed by atoms with Gasteiger partial charge in [-0.1, -0.05) is 11.6 Å². The molecule has 0 saturated heterocycles. The Morgan fingerprint density at radius 2 is 2.35 bits per heavy atom. The Kier molecular flexibility index (Phi) is 4.31. The number of hydrogen-bond acceptors (Lipinski definition) is 2. The summed E-state index contributed by atoms with van der Waals surface area (Å²) in [7, 11) is 0. The van der Waals surface area contributed by atoms with Gasteiger partial charge in [-0.3, -0.25) is 4.79 Å². The maximum atomic E-state index is 11.8. The normalized spacial score (nSPS) is 15.2. The molecule has 1 aliphatic carbocycles. The van der Waals surface area contributed by atoms with Crippen LogP contribution in [0, 0.1) is 0 Å². The van der Waals surface area contributed by atoms with E-state index in [9.17, 15) is 4.79 Å². The van der Waals surface area contributed by atoms with Crippen molar-refractivity contribution in [2.24, 2.45) is 0 Å². The Bertz CT molecular complexity index is 443. The first-order chi connectivity index (χ1) is 8.25. The lowest BCUT2D eigenvalue weighted by molar-refractivity contribution is -0.115. The van der Waals surface area contributed by atoms with E-state index in [0.717, 1.165) is 18.5 Å². The van der Waals surface area contributed by atoms with Crippen molar-refractivity contribution < 1.29 is 4.79 Å². The fraction of sp³-hybridized carbons (Fsp3) is 0.385. The van der Waals surface area contributed by atoms with Gasteiger partial charge >= 0.3 is 0 Å². The van der Waals surface area contributed by atoms with E-state index in [1.165, 1.54) is 18.4 Å². The minimum absolute atomic E-state index is 0.0341. The maximum Gasteiger partial charge on any atom is 0.228 e. The van der Waals surface area contributed by atoms with E-state index in [1.807, 2.05) is 6.07 Å². The summed E-state index contributed by atoms with van der Waals surface area (Å²) in [6, 6.07) is 3.64. The lowest BCUT2D eigenvalue weighted by atomic mass is 9.97. The lowest BCUT2D eigenvalue weighted by Gasteiger charge is -2.12. The van der Waals surface area contributed by atoms with Crippen LogP contribution in [0.5, 0.6) is 0 Å². The molecule has 0 aliphatic heterocycles. The number of allylic oxidation sites excluding steroid dienone is 1. The van der Waals surface area contributed by atoms with Crippen LogP contribution in [-0.4, -0.2) is 10.9 Å². The third kappa shape index (κ3) is 3.66. The second-order valence-electron chi connectivity index (χ2n) is 4.17. The maximum absolute atomic E-state index is 11.8. The van der Waals surface area contributed by atoms with E-state index in [2.05, 4.69) is 32.3 Å². The summed E-state index contributed by atoms with van der Waals surface area (Å²) in [5.74, 6) is 0.0341. The van der Waals surface area contributed by atoms with Crippen LogP contribution in [0.25, 0.3) is 0 Å².